The largest absolute Gasteiger partial charge is 0.443 e. The van der Waals surface area contributed by atoms with Crippen LogP contribution in [0.15, 0.2) is 12.2 Å². The minimum atomic E-state index is -0.341. The van der Waals surface area contributed by atoms with Crippen molar-refractivity contribution in [2.24, 2.45) is 0 Å². The molecule has 0 aliphatic carbocycles. The van der Waals surface area contributed by atoms with E-state index in [0.29, 0.717) is 5.57 Å². The Balaban J connectivity index is 0. The zero-order valence-electron chi connectivity index (χ0n) is 16.7. The van der Waals surface area contributed by atoms with E-state index in [4.69, 9.17) is 16.3 Å². The van der Waals surface area contributed by atoms with E-state index in [-0.39, 0.29) is 12.2 Å². The Kier molecular flexibility index (Phi) is 20.1. The lowest BCUT2D eigenvalue weighted by atomic mass is 10.1. The Hall–Kier alpha value is -0.540. The van der Waals surface area contributed by atoms with Crippen molar-refractivity contribution in [2.45, 2.75) is 91.2 Å². The van der Waals surface area contributed by atoms with Crippen molar-refractivity contribution in [3.8, 4) is 0 Å². The molecule has 0 N–H and O–H groups in total. The van der Waals surface area contributed by atoms with Crippen molar-refractivity contribution in [2.75, 3.05) is 20.0 Å². The number of alkyl halides is 1. The average Bonchev–Trinajstić information content (AvgIpc) is 2.53. The monoisotopic (exact) mass is 361 g/mol. The van der Waals surface area contributed by atoms with E-state index in [9.17, 15) is 4.79 Å². The molecule has 0 spiro atoms. The lowest BCUT2D eigenvalue weighted by Crippen LogP contribution is -2.30. The second kappa shape index (κ2) is 18.8. The van der Waals surface area contributed by atoms with E-state index < -0.39 is 0 Å². The van der Waals surface area contributed by atoms with Crippen LogP contribution in [0.5, 0.6) is 0 Å². The van der Waals surface area contributed by atoms with Crippen molar-refractivity contribution in [1.82, 2.24) is 4.90 Å². The van der Waals surface area contributed by atoms with Gasteiger partial charge in [0.25, 0.3) is 0 Å². The summed E-state index contributed by atoms with van der Waals surface area (Å²) in [7, 11) is 3.69. The number of hydrogen-bond acceptors (Lipinski definition) is 3. The van der Waals surface area contributed by atoms with Crippen LogP contribution in [0.4, 0.5) is 0 Å². The van der Waals surface area contributed by atoms with E-state index >= 15 is 0 Å². The van der Waals surface area contributed by atoms with Gasteiger partial charge in [0, 0.05) is 11.5 Å². The topological polar surface area (TPSA) is 29.5 Å². The molecule has 0 aliphatic rings. The maximum atomic E-state index is 10.9. The number of carbonyl (C=O) groups is 1. The normalized spacial score (nSPS) is 11.6. The molecule has 0 saturated carbocycles. The highest BCUT2D eigenvalue weighted by molar-refractivity contribution is 6.17. The summed E-state index contributed by atoms with van der Waals surface area (Å²) in [4.78, 5) is 12.7. The minimum Gasteiger partial charge on any atom is -0.443 e. The molecule has 1 atom stereocenters. The first-order chi connectivity index (χ1) is 11.4. The number of carbonyl (C=O) groups excluding carboxylic acids is 1. The quantitative estimate of drug-likeness (QED) is 0.129. The lowest BCUT2D eigenvalue weighted by Gasteiger charge is -2.19. The molecule has 0 rings (SSSR count). The number of nitrogens with zero attached hydrogens (tertiary/aromatic N) is 1. The number of unbranched alkanes of at least 4 members (excludes halogenated alkanes) is 9. The van der Waals surface area contributed by atoms with Crippen LogP contribution in [0.1, 0.15) is 85.0 Å². The molecule has 0 bridgehead atoms. The molecule has 3 nitrogen and oxygen atoms in total. The molecular weight excluding hydrogens is 322 g/mol. The van der Waals surface area contributed by atoms with Crippen LogP contribution >= 0.6 is 11.6 Å². The second-order valence-electron chi connectivity index (χ2n) is 6.62. The summed E-state index contributed by atoms with van der Waals surface area (Å²) in [5.41, 5.74) is 0.429. The molecule has 0 aliphatic heterocycles. The van der Waals surface area contributed by atoms with Gasteiger partial charge >= 0.3 is 5.97 Å². The fourth-order valence-electron chi connectivity index (χ4n) is 1.94. The van der Waals surface area contributed by atoms with Gasteiger partial charge in [0.05, 0.1) is 0 Å². The molecule has 0 amide bonds. The van der Waals surface area contributed by atoms with Crippen LogP contribution in [0.25, 0.3) is 0 Å². The predicted octanol–water partition coefficient (Wildman–Crippen LogP) is 6.16. The van der Waals surface area contributed by atoms with Gasteiger partial charge in [-0.1, -0.05) is 71.3 Å². The third-order valence-corrected chi connectivity index (χ3v) is 4.11. The van der Waals surface area contributed by atoms with Crippen LogP contribution in [-0.4, -0.2) is 37.1 Å². The van der Waals surface area contributed by atoms with Crippen LogP contribution in [0.2, 0.25) is 0 Å². The highest BCUT2D eigenvalue weighted by Crippen LogP contribution is 2.10. The Morgan fingerprint density at radius 3 is 1.75 bits per heavy atom. The van der Waals surface area contributed by atoms with Gasteiger partial charge in [-0.2, -0.15) is 0 Å². The fraction of sp³-hybridized carbons (Fsp3) is 0.850. The minimum absolute atomic E-state index is 0.195. The van der Waals surface area contributed by atoms with Crippen LogP contribution in [0, 0.1) is 0 Å². The molecule has 0 fully saturated rings. The van der Waals surface area contributed by atoms with Crippen LogP contribution in [0.3, 0.4) is 0 Å². The Morgan fingerprint density at radius 1 is 1.00 bits per heavy atom. The summed E-state index contributed by atoms with van der Waals surface area (Å²) in [6.07, 6.45) is 13.7. The van der Waals surface area contributed by atoms with Gasteiger partial charge < -0.3 is 4.74 Å². The van der Waals surface area contributed by atoms with E-state index in [1.165, 1.54) is 64.2 Å². The van der Waals surface area contributed by atoms with Gasteiger partial charge in [0.2, 0.25) is 0 Å². The van der Waals surface area contributed by atoms with E-state index in [2.05, 4.69) is 13.5 Å². The molecule has 0 aromatic heterocycles. The Labute approximate surface area is 155 Å². The van der Waals surface area contributed by atoms with Crippen molar-refractivity contribution >= 4 is 17.6 Å². The maximum absolute atomic E-state index is 10.9. The lowest BCUT2D eigenvalue weighted by molar-refractivity contribution is -0.150. The summed E-state index contributed by atoms with van der Waals surface area (Å²) in [6.45, 7) is 9.18. The molecule has 1 unspecified atom stereocenters. The maximum Gasteiger partial charge on any atom is 0.334 e. The number of ether oxygens (including phenoxy) is 1. The molecule has 24 heavy (non-hydrogen) atoms. The van der Waals surface area contributed by atoms with E-state index in [1.54, 1.807) is 18.7 Å². The SMILES string of the molecule is C=C(C)C(=O)OC(C)N(C)C.CCCCCCCCCCCCCl. The number of rotatable bonds is 13. The van der Waals surface area contributed by atoms with Gasteiger partial charge in [-0.15, -0.1) is 11.6 Å². The summed E-state index contributed by atoms with van der Waals surface area (Å²) < 4.78 is 4.96. The molecule has 0 radical (unpaired) electrons. The van der Waals surface area contributed by atoms with E-state index in [1.807, 2.05) is 14.1 Å². The highest BCUT2D eigenvalue weighted by atomic mass is 35.5. The third kappa shape index (κ3) is 19.5. The number of esters is 1. The van der Waals surface area contributed by atoms with Gasteiger partial charge in [0.15, 0.2) is 6.23 Å². The first-order valence-corrected chi connectivity index (χ1v) is 9.99. The van der Waals surface area contributed by atoms with Gasteiger partial charge in [0.1, 0.15) is 0 Å². The standard InChI is InChI=1S/C12H25Cl.C8H15NO2/c1-2-3-4-5-6-7-8-9-10-11-12-13;1-6(2)8(10)11-7(3)9(4)5/h2-12H2,1H3;7H,1H2,2-5H3. The highest BCUT2D eigenvalue weighted by Gasteiger charge is 2.10. The Bertz CT molecular complexity index is 296. The van der Waals surface area contributed by atoms with Crippen molar-refractivity contribution < 1.29 is 9.53 Å². The predicted molar refractivity (Wildman–Crippen MR) is 107 cm³/mol. The van der Waals surface area contributed by atoms with Crippen molar-refractivity contribution in [3.63, 3.8) is 0 Å². The van der Waals surface area contributed by atoms with Crippen molar-refractivity contribution in [3.05, 3.63) is 12.2 Å². The molecule has 4 heteroatoms. The summed E-state index contributed by atoms with van der Waals surface area (Å²) in [5, 5.41) is 0. The number of halogens is 1. The van der Waals surface area contributed by atoms with Crippen LogP contribution < -0.4 is 0 Å². The molecular formula is C20H40ClNO2. The van der Waals surface area contributed by atoms with Gasteiger partial charge in [-0.05, 0) is 34.4 Å². The fourth-order valence-corrected chi connectivity index (χ4v) is 2.13. The summed E-state index contributed by atoms with van der Waals surface area (Å²) >= 11 is 5.60. The smallest absolute Gasteiger partial charge is 0.334 e. The third-order valence-electron chi connectivity index (χ3n) is 3.84. The van der Waals surface area contributed by atoms with Crippen LogP contribution in [-0.2, 0) is 9.53 Å². The molecule has 0 aromatic rings. The van der Waals surface area contributed by atoms with Crippen molar-refractivity contribution in [1.29, 1.82) is 0 Å². The molecule has 0 aromatic carbocycles. The first-order valence-electron chi connectivity index (χ1n) is 9.45. The second-order valence-corrected chi connectivity index (χ2v) is 7.00. The summed E-state index contributed by atoms with van der Waals surface area (Å²) in [6, 6.07) is 0. The summed E-state index contributed by atoms with van der Waals surface area (Å²) in [5.74, 6) is 0.502. The van der Waals surface area contributed by atoms with Gasteiger partial charge in [-0.3, -0.25) is 4.90 Å². The van der Waals surface area contributed by atoms with Gasteiger partial charge in [-0.25, -0.2) is 4.79 Å². The zero-order chi connectivity index (χ0) is 18.8. The first kappa shape index (κ1) is 25.7. The van der Waals surface area contributed by atoms with E-state index in [0.717, 1.165) is 5.88 Å². The molecule has 0 saturated heterocycles. The average molecular weight is 362 g/mol. The number of hydrogen-bond donors (Lipinski definition) is 0. The Morgan fingerprint density at radius 2 is 1.42 bits per heavy atom. The molecule has 144 valence electrons. The molecule has 0 heterocycles. The zero-order valence-corrected chi connectivity index (χ0v) is 17.5.